The maximum atomic E-state index is 12.4. The van der Waals surface area contributed by atoms with Crippen molar-refractivity contribution in [2.45, 2.75) is 11.4 Å². The summed E-state index contributed by atoms with van der Waals surface area (Å²) < 4.78 is 26.1. The molecule has 2 aromatic rings. The van der Waals surface area contributed by atoms with Gasteiger partial charge >= 0.3 is 0 Å². The van der Waals surface area contributed by atoms with Crippen LogP contribution >= 0.6 is 0 Å². The minimum absolute atomic E-state index is 0.0952. The maximum Gasteiger partial charge on any atom is 0.281 e. The molecule has 6 nitrogen and oxygen atoms in total. The van der Waals surface area contributed by atoms with Gasteiger partial charge in [0.25, 0.3) is 10.0 Å². The number of benzene rings is 1. The lowest BCUT2D eigenvalue weighted by atomic mass is 10.1. The fourth-order valence-corrected chi connectivity index (χ4v) is 3.51. The summed E-state index contributed by atoms with van der Waals surface area (Å²) in [6.45, 7) is 0.431. The molecule has 0 fully saturated rings. The second-order valence-electron chi connectivity index (χ2n) is 4.13. The van der Waals surface area contributed by atoms with E-state index in [1.165, 1.54) is 16.8 Å². The summed E-state index contributed by atoms with van der Waals surface area (Å²) in [5.41, 5.74) is 7.92. The van der Waals surface area contributed by atoms with E-state index in [-0.39, 0.29) is 5.03 Å². The van der Waals surface area contributed by atoms with Gasteiger partial charge in [0.05, 0.1) is 18.2 Å². The molecule has 94 valence electrons. The van der Waals surface area contributed by atoms with Crippen molar-refractivity contribution in [3.05, 3.63) is 36.3 Å². The first-order valence-corrected chi connectivity index (χ1v) is 6.92. The highest BCUT2D eigenvalue weighted by molar-refractivity contribution is 7.92. The Morgan fingerprint density at radius 3 is 2.94 bits per heavy atom. The number of sulfonamides is 1. The van der Waals surface area contributed by atoms with E-state index in [1.54, 1.807) is 12.1 Å². The van der Waals surface area contributed by atoms with Crippen LogP contribution in [-0.2, 0) is 16.4 Å². The first-order chi connectivity index (χ1) is 8.59. The summed E-state index contributed by atoms with van der Waals surface area (Å²) in [7, 11) is -3.57. The van der Waals surface area contributed by atoms with Crippen molar-refractivity contribution in [2.24, 2.45) is 0 Å². The van der Waals surface area contributed by atoms with E-state index in [0.717, 1.165) is 5.56 Å². The predicted octanol–water partition coefficient (Wildman–Crippen LogP) is 0.743. The predicted molar refractivity (Wildman–Crippen MR) is 67.7 cm³/mol. The molecule has 0 saturated carbocycles. The molecule has 0 spiro atoms. The van der Waals surface area contributed by atoms with E-state index >= 15 is 0 Å². The van der Waals surface area contributed by atoms with Crippen molar-refractivity contribution in [3.8, 4) is 0 Å². The molecule has 2 heterocycles. The van der Waals surface area contributed by atoms with Gasteiger partial charge in [-0.2, -0.15) is 8.42 Å². The summed E-state index contributed by atoms with van der Waals surface area (Å²) in [6.07, 6.45) is 3.35. The number of aromatic amines is 1. The molecule has 0 amide bonds. The van der Waals surface area contributed by atoms with Gasteiger partial charge in [-0.15, -0.1) is 0 Å². The summed E-state index contributed by atoms with van der Waals surface area (Å²) in [4.78, 5) is 6.38. The number of H-pyrrole nitrogens is 1. The Kier molecular flexibility index (Phi) is 2.30. The molecule has 3 N–H and O–H groups in total. The highest BCUT2D eigenvalue weighted by atomic mass is 32.2. The summed E-state index contributed by atoms with van der Waals surface area (Å²) in [5, 5.41) is 0.0952. The average Bonchev–Trinajstić information content (AvgIpc) is 2.97. The topological polar surface area (TPSA) is 92.1 Å². The second-order valence-corrected chi connectivity index (χ2v) is 5.96. The van der Waals surface area contributed by atoms with E-state index in [9.17, 15) is 8.42 Å². The molecule has 0 atom stereocenters. The van der Waals surface area contributed by atoms with Crippen LogP contribution in [0, 0.1) is 0 Å². The lowest BCUT2D eigenvalue weighted by Gasteiger charge is -2.18. The molecule has 18 heavy (non-hydrogen) atoms. The van der Waals surface area contributed by atoms with Gasteiger partial charge in [0.15, 0.2) is 5.03 Å². The molecule has 0 unspecified atom stereocenters. The molecule has 0 saturated heterocycles. The molecule has 1 aliphatic heterocycles. The van der Waals surface area contributed by atoms with Gasteiger partial charge in [0.1, 0.15) is 0 Å². The molecule has 1 aromatic heterocycles. The largest absolute Gasteiger partial charge is 0.399 e. The fourth-order valence-electron chi connectivity index (χ4n) is 2.12. The van der Waals surface area contributed by atoms with Crippen molar-refractivity contribution in [3.63, 3.8) is 0 Å². The monoisotopic (exact) mass is 264 g/mol. The van der Waals surface area contributed by atoms with E-state index in [4.69, 9.17) is 5.73 Å². The van der Waals surface area contributed by atoms with Crippen molar-refractivity contribution in [1.29, 1.82) is 0 Å². The van der Waals surface area contributed by atoms with E-state index in [2.05, 4.69) is 9.97 Å². The molecule has 1 aliphatic rings. The Morgan fingerprint density at radius 1 is 1.39 bits per heavy atom. The van der Waals surface area contributed by atoms with Crippen molar-refractivity contribution < 1.29 is 8.42 Å². The number of nitrogens with one attached hydrogen (secondary N) is 1. The van der Waals surface area contributed by atoms with Crippen molar-refractivity contribution >= 4 is 21.4 Å². The Hall–Kier alpha value is -2.02. The highest BCUT2D eigenvalue weighted by Crippen LogP contribution is 2.33. The quantitative estimate of drug-likeness (QED) is 0.783. The van der Waals surface area contributed by atoms with Gasteiger partial charge in [-0.25, -0.2) is 4.98 Å². The summed E-state index contributed by atoms with van der Waals surface area (Å²) >= 11 is 0. The van der Waals surface area contributed by atoms with Gasteiger partial charge in [-0.1, -0.05) is 6.07 Å². The van der Waals surface area contributed by atoms with Gasteiger partial charge in [-0.05, 0) is 24.1 Å². The van der Waals surface area contributed by atoms with Crippen molar-refractivity contribution in [1.82, 2.24) is 9.97 Å². The Labute approximate surface area is 105 Å². The lowest BCUT2D eigenvalue weighted by Crippen LogP contribution is -2.29. The third-order valence-corrected chi connectivity index (χ3v) is 4.74. The molecule has 7 heteroatoms. The van der Waals surface area contributed by atoms with Gasteiger partial charge in [-0.3, -0.25) is 4.31 Å². The number of anilines is 2. The SMILES string of the molecule is Nc1ccc2c(c1)N(S(=O)(=O)c1cnc[nH]1)CC2. The first-order valence-electron chi connectivity index (χ1n) is 5.48. The number of imidazole rings is 1. The standard InChI is InChI=1S/C11H12N4O2S/c12-9-2-1-8-3-4-15(10(8)5-9)18(16,17)11-6-13-7-14-11/h1-2,5-7H,3-4,12H2,(H,13,14). The van der Waals surface area contributed by atoms with E-state index in [1.807, 2.05) is 6.07 Å². The highest BCUT2D eigenvalue weighted by Gasteiger charge is 2.31. The zero-order chi connectivity index (χ0) is 12.8. The number of hydrogen-bond donors (Lipinski definition) is 2. The van der Waals surface area contributed by atoms with E-state index in [0.29, 0.717) is 24.3 Å². The Bertz CT molecular complexity index is 679. The number of fused-ring (bicyclic) bond motifs is 1. The van der Waals surface area contributed by atoms with Crippen LogP contribution in [0.25, 0.3) is 0 Å². The number of nitrogens with two attached hydrogens (primary N) is 1. The minimum atomic E-state index is -3.57. The van der Waals surface area contributed by atoms with Crippen LogP contribution in [0.15, 0.2) is 35.7 Å². The van der Waals surface area contributed by atoms with Crippen LogP contribution in [0.4, 0.5) is 11.4 Å². The van der Waals surface area contributed by atoms with Gasteiger partial charge in [0, 0.05) is 12.2 Å². The minimum Gasteiger partial charge on any atom is -0.399 e. The first kappa shape index (κ1) is 11.1. The van der Waals surface area contributed by atoms with Gasteiger partial charge < -0.3 is 10.7 Å². The molecule has 0 bridgehead atoms. The molecular formula is C11H12N4O2S. The third-order valence-electron chi connectivity index (χ3n) is 3.00. The zero-order valence-electron chi connectivity index (χ0n) is 9.50. The van der Waals surface area contributed by atoms with Crippen LogP contribution in [0.5, 0.6) is 0 Å². The number of aromatic nitrogens is 2. The van der Waals surface area contributed by atoms with Crippen LogP contribution < -0.4 is 10.0 Å². The third kappa shape index (κ3) is 1.55. The summed E-state index contributed by atoms with van der Waals surface area (Å²) in [5.74, 6) is 0. The number of nitrogen functional groups attached to an aromatic ring is 1. The van der Waals surface area contributed by atoms with Crippen LogP contribution in [0.3, 0.4) is 0 Å². The molecule has 0 aliphatic carbocycles. The summed E-state index contributed by atoms with van der Waals surface area (Å²) in [6, 6.07) is 5.34. The van der Waals surface area contributed by atoms with E-state index < -0.39 is 10.0 Å². The lowest BCUT2D eigenvalue weighted by molar-refractivity contribution is 0.589. The molecule has 0 radical (unpaired) electrons. The van der Waals surface area contributed by atoms with Crippen molar-refractivity contribution in [2.75, 3.05) is 16.6 Å². The molecular weight excluding hydrogens is 252 g/mol. The van der Waals surface area contributed by atoms with Gasteiger partial charge in [0.2, 0.25) is 0 Å². The number of rotatable bonds is 2. The van der Waals surface area contributed by atoms with Crippen LogP contribution in [0.2, 0.25) is 0 Å². The smallest absolute Gasteiger partial charge is 0.281 e. The zero-order valence-corrected chi connectivity index (χ0v) is 10.3. The Morgan fingerprint density at radius 2 is 2.22 bits per heavy atom. The average molecular weight is 264 g/mol. The Balaban J connectivity index is 2.10. The maximum absolute atomic E-state index is 12.4. The number of hydrogen-bond acceptors (Lipinski definition) is 4. The van der Waals surface area contributed by atoms with Crippen LogP contribution in [-0.4, -0.2) is 24.9 Å². The molecule has 3 rings (SSSR count). The molecule has 1 aromatic carbocycles. The number of nitrogens with zero attached hydrogens (tertiary/aromatic N) is 2. The second kappa shape index (κ2) is 3.74. The fraction of sp³-hybridized carbons (Fsp3) is 0.182. The normalized spacial score (nSPS) is 14.8. The van der Waals surface area contributed by atoms with Crippen LogP contribution in [0.1, 0.15) is 5.56 Å².